The standard InChI is InChI=1S/C29H19BrN4/c30-25-15-14-23-18-34(19-24(23)16-25)26-13-7-12-22(17-26)29-32-27(20-8-3-1-4-9-20)31-28(33-29)21-10-5-2-6-11-21/h1-19H. The quantitative estimate of drug-likeness (QED) is 0.249. The molecule has 0 atom stereocenters. The second-order valence-electron chi connectivity index (χ2n) is 8.03. The first kappa shape index (κ1) is 20.5. The van der Waals surface area contributed by atoms with Gasteiger partial charge in [0.1, 0.15) is 0 Å². The predicted octanol–water partition coefficient (Wildman–Crippen LogP) is 7.58. The summed E-state index contributed by atoms with van der Waals surface area (Å²) in [7, 11) is 0. The van der Waals surface area contributed by atoms with Crippen LogP contribution in [0.1, 0.15) is 0 Å². The third-order valence-corrected chi connectivity index (χ3v) is 6.20. The summed E-state index contributed by atoms with van der Waals surface area (Å²) in [5.74, 6) is 1.96. The highest BCUT2D eigenvalue weighted by atomic mass is 79.9. The summed E-state index contributed by atoms with van der Waals surface area (Å²) in [6.45, 7) is 0. The molecule has 6 aromatic rings. The lowest BCUT2D eigenvalue weighted by molar-refractivity contribution is 1.06. The summed E-state index contributed by atoms with van der Waals surface area (Å²) in [5, 5.41) is 2.36. The molecule has 6 rings (SSSR count). The van der Waals surface area contributed by atoms with Gasteiger partial charge >= 0.3 is 0 Å². The molecule has 0 aliphatic heterocycles. The molecule has 0 saturated carbocycles. The third kappa shape index (κ3) is 4.02. The molecule has 0 bridgehead atoms. The van der Waals surface area contributed by atoms with Gasteiger partial charge in [-0.05, 0) is 29.7 Å². The minimum Gasteiger partial charge on any atom is -0.323 e. The molecule has 4 aromatic carbocycles. The van der Waals surface area contributed by atoms with Crippen molar-refractivity contribution in [2.45, 2.75) is 0 Å². The summed E-state index contributed by atoms with van der Waals surface area (Å²) >= 11 is 3.56. The van der Waals surface area contributed by atoms with Crippen LogP contribution >= 0.6 is 15.9 Å². The minimum atomic E-state index is 0.647. The zero-order chi connectivity index (χ0) is 22.9. The van der Waals surface area contributed by atoms with Crippen molar-refractivity contribution in [1.82, 2.24) is 19.5 Å². The molecular formula is C29H19BrN4. The van der Waals surface area contributed by atoms with Gasteiger partial charge in [-0.25, -0.2) is 15.0 Å². The smallest absolute Gasteiger partial charge is 0.164 e. The zero-order valence-electron chi connectivity index (χ0n) is 18.1. The van der Waals surface area contributed by atoms with Crippen molar-refractivity contribution in [3.05, 3.63) is 120 Å². The molecule has 0 aliphatic carbocycles. The van der Waals surface area contributed by atoms with Gasteiger partial charge in [0, 0.05) is 44.6 Å². The molecule has 0 aliphatic rings. The van der Waals surface area contributed by atoms with Crippen LogP contribution in [0.3, 0.4) is 0 Å². The maximum Gasteiger partial charge on any atom is 0.164 e. The molecule has 0 N–H and O–H groups in total. The number of rotatable bonds is 4. The first-order valence-electron chi connectivity index (χ1n) is 11.0. The topological polar surface area (TPSA) is 43.6 Å². The van der Waals surface area contributed by atoms with E-state index in [4.69, 9.17) is 15.0 Å². The fraction of sp³-hybridized carbons (Fsp3) is 0. The van der Waals surface area contributed by atoms with Crippen molar-refractivity contribution in [3.63, 3.8) is 0 Å². The summed E-state index contributed by atoms with van der Waals surface area (Å²) in [5.41, 5.74) is 3.91. The number of benzene rings is 4. The molecule has 0 unspecified atom stereocenters. The largest absolute Gasteiger partial charge is 0.323 e. The second-order valence-corrected chi connectivity index (χ2v) is 8.94. The van der Waals surface area contributed by atoms with Crippen molar-refractivity contribution in [1.29, 1.82) is 0 Å². The summed E-state index contributed by atoms with van der Waals surface area (Å²) < 4.78 is 3.21. The lowest BCUT2D eigenvalue weighted by atomic mass is 10.1. The number of fused-ring (bicyclic) bond motifs is 1. The molecule has 0 radical (unpaired) electrons. The van der Waals surface area contributed by atoms with Gasteiger partial charge in [-0.15, -0.1) is 0 Å². The van der Waals surface area contributed by atoms with E-state index in [-0.39, 0.29) is 0 Å². The average molecular weight is 503 g/mol. The summed E-state index contributed by atoms with van der Waals surface area (Å²) in [6, 6.07) is 34.7. The van der Waals surface area contributed by atoms with E-state index >= 15 is 0 Å². The molecule has 5 heteroatoms. The van der Waals surface area contributed by atoms with E-state index in [0.29, 0.717) is 17.5 Å². The molecule has 0 fully saturated rings. The van der Waals surface area contributed by atoms with Crippen molar-refractivity contribution in [2.75, 3.05) is 0 Å². The van der Waals surface area contributed by atoms with Gasteiger partial charge in [-0.1, -0.05) is 94.8 Å². The van der Waals surface area contributed by atoms with Gasteiger partial charge in [0.15, 0.2) is 17.5 Å². The molecule has 34 heavy (non-hydrogen) atoms. The van der Waals surface area contributed by atoms with Crippen molar-refractivity contribution in [2.24, 2.45) is 0 Å². The van der Waals surface area contributed by atoms with Crippen molar-refractivity contribution < 1.29 is 0 Å². The van der Waals surface area contributed by atoms with E-state index in [1.807, 2.05) is 72.8 Å². The van der Waals surface area contributed by atoms with Gasteiger partial charge in [0.2, 0.25) is 0 Å². The van der Waals surface area contributed by atoms with Crippen LogP contribution in [0.2, 0.25) is 0 Å². The van der Waals surface area contributed by atoms with Gasteiger partial charge in [-0.3, -0.25) is 0 Å². The maximum absolute atomic E-state index is 4.85. The molecule has 2 aromatic heterocycles. The Bertz CT molecular complexity index is 1550. The summed E-state index contributed by atoms with van der Waals surface area (Å²) in [4.78, 5) is 14.5. The molecule has 162 valence electrons. The Morgan fingerprint density at radius 3 is 1.71 bits per heavy atom. The molecule has 2 heterocycles. The Morgan fingerprint density at radius 1 is 0.500 bits per heavy atom. The van der Waals surface area contributed by atoms with Crippen LogP contribution in [-0.2, 0) is 0 Å². The first-order valence-corrected chi connectivity index (χ1v) is 11.8. The molecule has 0 amide bonds. The zero-order valence-corrected chi connectivity index (χ0v) is 19.7. The number of halogens is 1. The SMILES string of the molecule is Brc1ccc2cn(-c3cccc(-c4nc(-c5ccccc5)nc(-c5ccccc5)n4)c3)cc2c1. The van der Waals surface area contributed by atoms with E-state index in [9.17, 15) is 0 Å². The van der Waals surface area contributed by atoms with Gasteiger partial charge in [-0.2, -0.15) is 0 Å². The Hall–Kier alpha value is -4.09. The first-order chi connectivity index (χ1) is 16.7. The number of nitrogens with zero attached hydrogens (tertiary/aromatic N) is 4. The average Bonchev–Trinajstić information content (AvgIpc) is 3.33. The Balaban J connectivity index is 1.48. The van der Waals surface area contributed by atoms with Gasteiger partial charge in [0.05, 0.1) is 0 Å². The molecule has 4 nitrogen and oxygen atoms in total. The van der Waals surface area contributed by atoms with Crippen LogP contribution in [0.4, 0.5) is 0 Å². The van der Waals surface area contributed by atoms with E-state index in [1.165, 1.54) is 10.8 Å². The summed E-state index contributed by atoms with van der Waals surface area (Å²) in [6.07, 6.45) is 4.27. The molecule has 0 saturated heterocycles. The van der Waals surface area contributed by atoms with Gasteiger partial charge in [0.25, 0.3) is 0 Å². The van der Waals surface area contributed by atoms with Gasteiger partial charge < -0.3 is 4.57 Å². The minimum absolute atomic E-state index is 0.647. The van der Waals surface area contributed by atoms with Crippen LogP contribution in [0.15, 0.2) is 120 Å². The van der Waals surface area contributed by atoms with E-state index in [0.717, 1.165) is 26.9 Å². The predicted molar refractivity (Wildman–Crippen MR) is 141 cm³/mol. The third-order valence-electron chi connectivity index (χ3n) is 5.71. The monoisotopic (exact) mass is 502 g/mol. The van der Waals surface area contributed by atoms with E-state index in [2.05, 4.69) is 63.2 Å². The normalized spacial score (nSPS) is 11.1. The fourth-order valence-corrected chi connectivity index (χ4v) is 4.38. The molecule has 0 spiro atoms. The Labute approximate surface area is 205 Å². The van der Waals surface area contributed by atoms with Crippen LogP contribution in [0.25, 0.3) is 50.6 Å². The van der Waals surface area contributed by atoms with Crippen LogP contribution in [-0.4, -0.2) is 19.5 Å². The maximum atomic E-state index is 4.85. The number of hydrogen-bond acceptors (Lipinski definition) is 3. The van der Waals surface area contributed by atoms with Crippen molar-refractivity contribution in [3.8, 4) is 39.9 Å². The Morgan fingerprint density at radius 2 is 1.06 bits per heavy atom. The number of hydrogen-bond donors (Lipinski definition) is 0. The highest BCUT2D eigenvalue weighted by Gasteiger charge is 2.13. The van der Waals surface area contributed by atoms with E-state index < -0.39 is 0 Å². The van der Waals surface area contributed by atoms with E-state index in [1.54, 1.807) is 0 Å². The lowest BCUT2D eigenvalue weighted by Gasteiger charge is -2.10. The van der Waals surface area contributed by atoms with Crippen LogP contribution in [0, 0.1) is 0 Å². The highest BCUT2D eigenvalue weighted by Crippen LogP contribution is 2.27. The van der Waals surface area contributed by atoms with Crippen LogP contribution < -0.4 is 0 Å². The highest BCUT2D eigenvalue weighted by molar-refractivity contribution is 9.10. The van der Waals surface area contributed by atoms with Crippen LogP contribution in [0.5, 0.6) is 0 Å². The second kappa shape index (κ2) is 8.69. The number of aromatic nitrogens is 4. The fourth-order valence-electron chi connectivity index (χ4n) is 4.00. The Kier molecular flexibility index (Phi) is 5.24. The van der Waals surface area contributed by atoms with Crippen molar-refractivity contribution >= 4 is 26.7 Å². The lowest BCUT2D eigenvalue weighted by Crippen LogP contribution is -2.00. The molecular weight excluding hydrogens is 484 g/mol.